The Morgan fingerprint density at radius 1 is 1.36 bits per heavy atom. The van der Waals surface area contributed by atoms with E-state index in [1.807, 2.05) is 20.8 Å². The standard InChI is InChI=1S/C10H17NO2S/c1-7(12)10(14)5-6-11(10)8(13)9(2,3)4/h14H,5-6H2,1-4H3. The molecule has 1 amide bonds. The number of nitrogens with zero attached hydrogens (tertiary/aromatic N) is 1. The molecule has 0 bridgehead atoms. The molecule has 0 aliphatic carbocycles. The van der Waals surface area contributed by atoms with E-state index in [0.29, 0.717) is 13.0 Å². The van der Waals surface area contributed by atoms with Crippen LogP contribution in [0.3, 0.4) is 0 Å². The minimum absolute atomic E-state index is 0.00560. The van der Waals surface area contributed by atoms with Crippen LogP contribution < -0.4 is 0 Å². The zero-order valence-electron chi connectivity index (χ0n) is 9.13. The van der Waals surface area contributed by atoms with Crippen molar-refractivity contribution in [2.45, 2.75) is 39.0 Å². The number of amides is 1. The number of hydrogen-bond acceptors (Lipinski definition) is 3. The average Bonchev–Trinajstić information content (AvgIpc) is 1.98. The van der Waals surface area contributed by atoms with Crippen LogP contribution in [0.15, 0.2) is 0 Å². The molecule has 1 heterocycles. The van der Waals surface area contributed by atoms with Crippen molar-refractivity contribution in [2.24, 2.45) is 5.41 Å². The molecule has 80 valence electrons. The van der Waals surface area contributed by atoms with Crippen LogP contribution in [0.2, 0.25) is 0 Å². The van der Waals surface area contributed by atoms with Gasteiger partial charge in [0.2, 0.25) is 5.91 Å². The Balaban J connectivity index is 2.83. The second-order valence-electron chi connectivity index (χ2n) is 4.83. The largest absolute Gasteiger partial charge is 0.321 e. The molecule has 1 aliphatic rings. The fourth-order valence-electron chi connectivity index (χ4n) is 1.48. The molecule has 1 rings (SSSR count). The number of thiol groups is 1. The minimum atomic E-state index is -0.843. The number of carbonyl (C=O) groups is 2. The molecule has 1 fully saturated rings. The highest BCUT2D eigenvalue weighted by molar-refractivity contribution is 7.82. The van der Waals surface area contributed by atoms with Gasteiger partial charge in [-0.05, 0) is 6.92 Å². The topological polar surface area (TPSA) is 37.4 Å². The molecule has 0 N–H and O–H groups in total. The first kappa shape index (κ1) is 11.6. The first-order valence-electron chi connectivity index (χ1n) is 4.75. The van der Waals surface area contributed by atoms with E-state index in [-0.39, 0.29) is 11.7 Å². The van der Waals surface area contributed by atoms with Gasteiger partial charge in [-0.1, -0.05) is 20.8 Å². The number of ketones is 1. The summed E-state index contributed by atoms with van der Waals surface area (Å²) < 4.78 is 0. The van der Waals surface area contributed by atoms with Gasteiger partial charge in [0.1, 0.15) is 4.87 Å². The molecule has 0 aromatic carbocycles. The lowest BCUT2D eigenvalue weighted by molar-refractivity contribution is -0.154. The smallest absolute Gasteiger partial charge is 0.229 e. The van der Waals surface area contributed by atoms with Gasteiger partial charge in [0.25, 0.3) is 0 Å². The molecule has 14 heavy (non-hydrogen) atoms. The van der Waals surface area contributed by atoms with Crippen molar-refractivity contribution in [3.05, 3.63) is 0 Å². The molecule has 0 aromatic rings. The van der Waals surface area contributed by atoms with Crippen molar-refractivity contribution in [3.8, 4) is 0 Å². The summed E-state index contributed by atoms with van der Waals surface area (Å²) in [5.41, 5.74) is -0.441. The Labute approximate surface area is 90.3 Å². The van der Waals surface area contributed by atoms with Crippen molar-refractivity contribution in [1.82, 2.24) is 4.90 Å². The third-order valence-electron chi connectivity index (χ3n) is 2.58. The SMILES string of the molecule is CC(=O)C1(S)CCN1C(=O)C(C)(C)C. The molecular formula is C10H17NO2S. The van der Waals surface area contributed by atoms with Gasteiger partial charge in [-0.25, -0.2) is 0 Å². The van der Waals surface area contributed by atoms with E-state index in [2.05, 4.69) is 12.6 Å². The molecule has 1 atom stereocenters. The quantitative estimate of drug-likeness (QED) is 0.673. The van der Waals surface area contributed by atoms with Crippen LogP contribution in [0.5, 0.6) is 0 Å². The summed E-state index contributed by atoms with van der Waals surface area (Å²) in [5.74, 6) is -0.0568. The van der Waals surface area contributed by atoms with Crippen LogP contribution in [0.1, 0.15) is 34.1 Å². The van der Waals surface area contributed by atoms with Crippen LogP contribution >= 0.6 is 12.6 Å². The van der Waals surface area contributed by atoms with Gasteiger partial charge in [0.05, 0.1) is 0 Å². The van der Waals surface area contributed by atoms with Gasteiger partial charge in [0, 0.05) is 18.4 Å². The highest BCUT2D eigenvalue weighted by Gasteiger charge is 2.50. The first-order valence-corrected chi connectivity index (χ1v) is 5.20. The molecule has 1 aliphatic heterocycles. The number of hydrogen-bond donors (Lipinski definition) is 1. The Morgan fingerprint density at radius 3 is 2.07 bits per heavy atom. The Kier molecular flexibility index (Phi) is 2.69. The van der Waals surface area contributed by atoms with Gasteiger partial charge in [-0.2, -0.15) is 0 Å². The summed E-state index contributed by atoms with van der Waals surface area (Å²) in [6.45, 7) is 7.67. The Morgan fingerprint density at radius 2 is 1.86 bits per heavy atom. The monoisotopic (exact) mass is 215 g/mol. The van der Waals surface area contributed by atoms with Crippen LogP contribution in [0, 0.1) is 5.41 Å². The zero-order chi connectivity index (χ0) is 11.1. The van der Waals surface area contributed by atoms with E-state index in [4.69, 9.17) is 0 Å². The van der Waals surface area contributed by atoms with Gasteiger partial charge < -0.3 is 4.90 Å². The molecule has 0 radical (unpaired) electrons. The highest BCUT2D eigenvalue weighted by Crippen LogP contribution is 2.38. The van der Waals surface area contributed by atoms with E-state index < -0.39 is 10.3 Å². The van der Waals surface area contributed by atoms with Gasteiger partial charge >= 0.3 is 0 Å². The lowest BCUT2D eigenvalue weighted by Gasteiger charge is -2.50. The summed E-state index contributed by atoms with van der Waals surface area (Å²) in [6.07, 6.45) is 0.660. The van der Waals surface area contributed by atoms with Crippen molar-refractivity contribution < 1.29 is 9.59 Å². The maximum Gasteiger partial charge on any atom is 0.229 e. The minimum Gasteiger partial charge on any atom is -0.321 e. The van der Waals surface area contributed by atoms with Crippen molar-refractivity contribution in [2.75, 3.05) is 6.54 Å². The fourth-order valence-corrected chi connectivity index (χ4v) is 1.77. The van der Waals surface area contributed by atoms with E-state index in [0.717, 1.165) is 0 Å². The summed E-state index contributed by atoms with van der Waals surface area (Å²) in [4.78, 5) is 23.9. The molecule has 1 unspecified atom stereocenters. The molecule has 4 heteroatoms. The van der Waals surface area contributed by atoms with Gasteiger partial charge in [-0.15, -0.1) is 12.6 Å². The van der Waals surface area contributed by atoms with Gasteiger partial charge in [0.15, 0.2) is 5.78 Å². The second kappa shape index (κ2) is 3.26. The predicted molar refractivity (Wildman–Crippen MR) is 58.2 cm³/mol. The third-order valence-corrected chi connectivity index (χ3v) is 3.36. The van der Waals surface area contributed by atoms with Crippen molar-refractivity contribution >= 4 is 24.3 Å². The molecule has 1 saturated heterocycles. The molecule has 0 saturated carbocycles. The van der Waals surface area contributed by atoms with Crippen molar-refractivity contribution in [1.29, 1.82) is 0 Å². The van der Waals surface area contributed by atoms with Crippen molar-refractivity contribution in [3.63, 3.8) is 0 Å². The number of Topliss-reactive ketones (excluding diaryl/α,β-unsaturated/α-hetero) is 1. The van der Waals surface area contributed by atoms with E-state index in [9.17, 15) is 9.59 Å². The molecule has 0 spiro atoms. The number of likely N-dealkylation sites (tertiary alicyclic amines) is 1. The first-order chi connectivity index (χ1) is 6.19. The summed E-state index contributed by atoms with van der Waals surface area (Å²) >= 11 is 4.29. The molecular weight excluding hydrogens is 198 g/mol. The second-order valence-corrected chi connectivity index (χ2v) is 5.57. The van der Waals surface area contributed by atoms with Gasteiger partial charge in [-0.3, -0.25) is 9.59 Å². The predicted octanol–water partition coefficient (Wildman–Crippen LogP) is 1.48. The van der Waals surface area contributed by atoms with Crippen LogP contribution in [-0.4, -0.2) is 28.0 Å². The summed E-state index contributed by atoms with van der Waals surface area (Å²) in [5, 5.41) is 0. The van der Waals surface area contributed by atoms with E-state index >= 15 is 0 Å². The Hall–Kier alpha value is -0.510. The molecule has 3 nitrogen and oxygen atoms in total. The highest BCUT2D eigenvalue weighted by atomic mass is 32.1. The zero-order valence-corrected chi connectivity index (χ0v) is 10.0. The lowest BCUT2D eigenvalue weighted by Crippen LogP contribution is -2.64. The normalized spacial score (nSPS) is 27.1. The third kappa shape index (κ3) is 1.67. The fraction of sp³-hybridized carbons (Fsp3) is 0.800. The Bertz CT molecular complexity index is 282. The van der Waals surface area contributed by atoms with E-state index in [1.165, 1.54) is 6.92 Å². The summed E-state index contributed by atoms with van der Waals surface area (Å²) in [7, 11) is 0. The van der Waals surface area contributed by atoms with Crippen LogP contribution in [-0.2, 0) is 9.59 Å². The van der Waals surface area contributed by atoms with Crippen LogP contribution in [0.4, 0.5) is 0 Å². The average molecular weight is 215 g/mol. The summed E-state index contributed by atoms with van der Waals surface area (Å²) in [6, 6.07) is 0. The van der Waals surface area contributed by atoms with Crippen LogP contribution in [0.25, 0.3) is 0 Å². The number of carbonyl (C=O) groups excluding carboxylic acids is 2. The lowest BCUT2D eigenvalue weighted by atomic mass is 9.89. The maximum absolute atomic E-state index is 11.9. The van der Waals surface area contributed by atoms with E-state index in [1.54, 1.807) is 4.90 Å². The molecule has 0 aromatic heterocycles. The number of rotatable bonds is 1. The maximum atomic E-state index is 11.9.